The quantitative estimate of drug-likeness (QED) is 0.485. The summed E-state index contributed by atoms with van der Waals surface area (Å²) in [5.74, 6) is 0. The third-order valence-electron chi connectivity index (χ3n) is 4.92. The van der Waals surface area contributed by atoms with Crippen LogP contribution >= 0.6 is 31.9 Å². The summed E-state index contributed by atoms with van der Waals surface area (Å²) in [6.07, 6.45) is 6.74. The molecule has 0 bridgehead atoms. The minimum absolute atomic E-state index is 0.0940. The van der Waals surface area contributed by atoms with Gasteiger partial charge in [0, 0.05) is 9.65 Å². The van der Waals surface area contributed by atoms with E-state index in [4.69, 9.17) is 4.74 Å². The summed E-state index contributed by atoms with van der Waals surface area (Å²) >= 11 is 7.49. The van der Waals surface area contributed by atoms with Gasteiger partial charge in [0.2, 0.25) is 0 Å². The monoisotopic (exact) mass is 365 g/mol. The van der Waals surface area contributed by atoms with Crippen LogP contribution in [0.5, 0.6) is 0 Å². The molecule has 1 heterocycles. The molecule has 96 valence electrons. The lowest BCUT2D eigenvalue weighted by Gasteiger charge is -2.35. The van der Waals surface area contributed by atoms with Crippen LogP contribution in [-0.2, 0) is 4.74 Å². The van der Waals surface area contributed by atoms with Crippen LogP contribution in [0.2, 0.25) is 0 Å². The summed E-state index contributed by atoms with van der Waals surface area (Å²) < 4.78 is 4.97. The molecule has 2 saturated carbocycles. The molecule has 3 nitrogen and oxygen atoms in total. The third kappa shape index (κ3) is 1.41. The van der Waals surface area contributed by atoms with Crippen LogP contribution in [0.3, 0.4) is 0 Å². The lowest BCUT2D eigenvalue weighted by Crippen LogP contribution is -2.41. The van der Waals surface area contributed by atoms with Gasteiger partial charge in [-0.1, -0.05) is 44.7 Å². The molecule has 3 rings (SSSR count). The average Bonchev–Trinajstić information content (AvgIpc) is 2.90. The third-order valence-corrected chi connectivity index (χ3v) is 7.55. The molecule has 4 atom stereocenters. The van der Waals surface area contributed by atoms with Crippen LogP contribution in [0.4, 0.5) is 4.79 Å². The molecular formula is C12H17Br2NO2. The number of ether oxygens (including phenoxy) is 1. The molecule has 0 aromatic heterocycles. The molecule has 0 unspecified atom stereocenters. The first-order valence-corrected chi connectivity index (χ1v) is 8.07. The van der Waals surface area contributed by atoms with Crippen molar-refractivity contribution >= 4 is 38.0 Å². The first-order valence-electron chi connectivity index (χ1n) is 6.24. The number of carbonyl (C=O) groups excluding carboxylic acids is 1. The van der Waals surface area contributed by atoms with Gasteiger partial charge in [-0.25, -0.2) is 4.79 Å². The number of methoxy groups -OCH3 is 1. The highest BCUT2D eigenvalue weighted by molar-refractivity contribution is 9.12. The predicted molar refractivity (Wildman–Crippen MR) is 72.8 cm³/mol. The standard InChI is InChI=1S/C12H17Br2NO2/c1-17-10(16)15-11-4-2-3-5-12(11,15)7-9(14)8(13)6-11/h8-9H,2-7H2,1H3/t8-,9-,11-,12+,15?/m0/s1. The van der Waals surface area contributed by atoms with Crippen LogP contribution in [-0.4, -0.2) is 38.8 Å². The minimum Gasteiger partial charge on any atom is -0.453 e. The molecule has 1 aliphatic heterocycles. The largest absolute Gasteiger partial charge is 0.453 e. The van der Waals surface area contributed by atoms with E-state index < -0.39 is 0 Å². The molecule has 1 amide bonds. The molecule has 2 aliphatic carbocycles. The zero-order chi connectivity index (χ0) is 12.3. The van der Waals surface area contributed by atoms with Gasteiger partial charge < -0.3 is 4.74 Å². The second-order valence-electron chi connectivity index (χ2n) is 5.52. The van der Waals surface area contributed by atoms with Crippen LogP contribution in [0.15, 0.2) is 0 Å². The summed E-state index contributed by atoms with van der Waals surface area (Å²) in [4.78, 5) is 14.9. The normalized spacial score (nSPS) is 48.1. The van der Waals surface area contributed by atoms with Crippen molar-refractivity contribution in [3.05, 3.63) is 0 Å². The van der Waals surface area contributed by atoms with E-state index in [1.54, 1.807) is 0 Å². The van der Waals surface area contributed by atoms with Crippen molar-refractivity contribution in [2.75, 3.05) is 7.11 Å². The van der Waals surface area contributed by atoms with Gasteiger partial charge in [-0.15, -0.1) is 0 Å². The molecule has 17 heavy (non-hydrogen) atoms. The minimum atomic E-state index is -0.131. The van der Waals surface area contributed by atoms with Crippen molar-refractivity contribution in [1.29, 1.82) is 0 Å². The Bertz CT molecular complexity index is 338. The van der Waals surface area contributed by atoms with E-state index in [1.165, 1.54) is 20.0 Å². The van der Waals surface area contributed by atoms with Gasteiger partial charge in [0.25, 0.3) is 0 Å². The molecule has 3 aliphatic rings. The van der Waals surface area contributed by atoms with Crippen molar-refractivity contribution in [2.45, 2.75) is 59.3 Å². The molecular weight excluding hydrogens is 350 g/mol. The highest BCUT2D eigenvalue weighted by Crippen LogP contribution is 2.68. The van der Waals surface area contributed by atoms with Gasteiger partial charge in [0.1, 0.15) is 0 Å². The molecule has 0 aromatic carbocycles. The fourth-order valence-electron chi connectivity index (χ4n) is 4.20. The lowest BCUT2D eigenvalue weighted by molar-refractivity contribution is 0.142. The smallest absolute Gasteiger partial charge is 0.410 e. The molecule has 5 heteroatoms. The van der Waals surface area contributed by atoms with Gasteiger partial charge in [0.05, 0.1) is 18.2 Å². The predicted octanol–water partition coefficient (Wildman–Crippen LogP) is 3.44. The van der Waals surface area contributed by atoms with E-state index >= 15 is 0 Å². The summed E-state index contributed by atoms with van der Waals surface area (Å²) in [6.45, 7) is 0. The summed E-state index contributed by atoms with van der Waals surface area (Å²) in [5.41, 5.74) is 0.188. The second-order valence-corrected chi connectivity index (χ2v) is 7.87. The SMILES string of the molecule is COC(=O)N1[C@@]23CCCC[C@@]12C[C@H](Br)[C@@H](Br)C3. The Kier molecular flexibility index (Phi) is 2.79. The Balaban J connectivity index is 1.95. The lowest BCUT2D eigenvalue weighted by atomic mass is 9.71. The number of hydrogen-bond donors (Lipinski definition) is 0. The van der Waals surface area contributed by atoms with Crippen molar-refractivity contribution in [3.63, 3.8) is 0 Å². The van der Waals surface area contributed by atoms with Gasteiger partial charge in [-0.2, -0.15) is 0 Å². The van der Waals surface area contributed by atoms with Crippen LogP contribution in [0, 0.1) is 0 Å². The average molecular weight is 367 g/mol. The molecule has 0 aromatic rings. The van der Waals surface area contributed by atoms with E-state index in [9.17, 15) is 4.79 Å². The maximum absolute atomic E-state index is 12.0. The Morgan fingerprint density at radius 2 is 1.65 bits per heavy atom. The second kappa shape index (κ2) is 3.86. The number of hydrogen-bond acceptors (Lipinski definition) is 2. The molecule has 0 spiro atoms. The fourth-order valence-corrected chi connectivity index (χ4v) is 5.64. The Labute approximate surface area is 119 Å². The summed E-state index contributed by atoms with van der Waals surface area (Å²) in [6, 6.07) is 0. The first-order chi connectivity index (χ1) is 8.07. The molecule has 0 radical (unpaired) electrons. The summed E-state index contributed by atoms with van der Waals surface area (Å²) in [5, 5.41) is 0. The van der Waals surface area contributed by atoms with Crippen molar-refractivity contribution in [2.24, 2.45) is 0 Å². The van der Waals surface area contributed by atoms with Crippen molar-refractivity contribution < 1.29 is 9.53 Å². The molecule has 1 saturated heterocycles. The fraction of sp³-hybridized carbons (Fsp3) is 0.917. The molecule has 3 fully saturated rings. The maximum atomic E-state index is 12.0. The van der Waals surface area contributed by atoms with E-state index in [0.717, 1.165) is 25.7 Å². The van der Waals surface area contributed by atoms with Gasteiger partial charge in [-0.05, 0) is 25.7 Å². The van der Waals surface area contributed by atoms with Crippen LogP contribution in [0.1, 0.15) is 38.5 Å². The van der Waals surface area contributed by atoms with Crippen molar-refractivity contribution in [1.82, 2.24) is 4.90 Å². The van der Waals surface area contributed by atoms with Gasteiger partial charge in [-0.3, -0.25) is 4.90 Å². The first kappa shape index (κ1) is 12.3. The topological polar surface area (TPSA) is 29.3 Å². The zero-order valence-electron chi connectivity index (χ0n) is 9.92. The number of amides is 1. The number of carbonyl (C=O) groups is 1. The number of likely N-dealkylation sites (tertiary alicyclic amines) is 1. The Hall–Kier alpha value is 0.230. The molecule has 0 N–H and O–H groups in total. The van der Waals surface area contributed by atoms with E-state index in [2.05, 4.69) is 31.9 Å². The summed E-state index contributed by atoms with van der Waals surface area (Å²) in [7, 11) is 1.49. The van der Waals surface area contributed by atoms with E-state index in [1.807, 2.05) is 4.90 Å². The van der Waals surface area contributed by atoms with E-state index in [0.29, 0.717) is 9.65 Å². The van der Waals surface area contributed by atoms with Crippen LogP contribution < -0.4 is 0 Å². The van der Waals surface area contributed by atoms with Crippen molar-refractivity contribution in [3.8, 4) is 0 Å². The zero-order valence-corrected chi connectivity index (χ0v) is 13.1. The van der Waals surface area contributed by atoms with E-state index in [-0.39, 0.29) is 17.2 Å². The number of alkyl halides is 2. The maximum Gasteiger partial charge on any atom is 0.410 e. The number of halogens is 2. The van der Waals surface area contributed by atoms with Gasteiger partial charge >= 0.3 is 6.09 Å². The highest BCUT2D eigenvalue weighted by Gasteiger charge is 2.79. The Morgan fingerprint density at radius 1 is 1.18 bits per heavy atom. The van der Waals surface area contributed by atoms with Gasteiger partial charge in [0.15, 0.2) is 0 Å². The van der Waals surface area contributed by atoms with Crippen LogP contribution in [0.25, 0.3) is 0 Å². The number of nitrogens with zero attached hydrogens (tertiary/aromatic N) is 1. The highest BCUT2D eigenvalue weighted by atomic mass is 79.9. The number of rotatable bonds is 0. The Morgan fingerprint density at radius 3 is 2.06 bits per heavy atom.